The largest absolute Gasteiger partial charge is 0.387 e. The van der Waals surface area contributed by atoms with Crippen LogP contribution in [0.25, 0.3) is 0 Å². The number of carbonyl (C=O) groups excluding carboxylic acids is 2. The maximum atomic E-state index is 12.4. The molecule has 3 radical (unpaired) electrons. The molecular weight excluding hydrogens is 659 g/mol. The molecular formula is C44H56BN4O4. The van der Waals surface area contributed by atoms with Crippen LogP contribution in [-0.2, 0) is 9.53 Å². The Kier molecular flexibility index (Phi) is 18.3. The molecule has 3 aliphatic rings. The van der Waals surface area contributed by atoms with Gasteiger partial charge in [-0.15, -0.1) is 0 Å². The molecule has 0 aromatic heterocycles. The summed E-state index contributed by atoms with van der Waals surface area (Å²) in [5.41, 5.74) is 3.75. The minimum absolute atomic E-state index is 0. The number of Topliss-reactive ketones (excluding diaryl/α,β-unsaturated/α-hetero) is 1. The normalized spacial score (nSPS) is 19.2. The molecule has 3 N–H and O–H groups in total. The minimum atomic E-state index is -0.392. The molecule has 3 unspecified atom stereocenters. The number of β-amino-alcohol motifs (C(OH)–C–C–N with tert-alkyl or cyclic N) is 1. The molecule has 4 aromatic carbocycles. The van der Waals surface area contributed by atoms with Crippen LogP contribution in [-0.4, -0.2) is 94.0 Å². The van der Waals surface area contributed by atoms with E-state index in [4.69, 9.17) is 4.74 Å². The van der Waals surface area contributed by atoms with Crippen LogP contribution in [0, 0.1) is 11.8 Å². The Balaban J connectivity index is 0.000000205. The van der Waals surface area contributed by atoms with Gasteiger partial charge in [-0.3, -0.25) is 14.5 Å². The number of likely N-dealkylation sites (tertiary alicyclic amines) is 2. The summed E-state index contributed by atoms with van der Waals surface area (Å²) in [5.74, 6) is 0.729. The summed E-state index contributed by atoms with van der Waals surface area (Å²) in [5, 5.41) is 16.9. The molecule has 53 heavy (non-hydrogen) atoms. The SMILES string of the molecule is C1CCOC1.O=C(CN1CCCC(C(=O)Nc2ccccc2)C1)c1ccccc1.OC(CN1CCCC(CNc2ccccc2)C1)c1ccccc1.[B]. The van der Waals surface area contributed by atoms with Crippen LogP contribution in [0.5, 0.6) is 0 Å². The molecule has 3 heterocycles. The Hall–Kier alpha value is -4.28. The highest BCUT2D eigenvalue weighted by Crippen LogP contribution is 2.22. The van der Waals surface area contributed by atoms with Gasteiger partial charge in [0.05, 0.1) is 18.6 Å². The number of carbonyl (C=O) groups is 2. The molecule has 3 saturated heterocycles. The number of hydrogen-bond donors (Lipinski definition) is 3. The van der Waals surface area contributed by atoms with Crippen molar-refractivity contribution in [2.24, 2.45) is 11.8 Å². The second-order valence-corrected chi connectivity index (χ2v) is 14.0. The molecule has 0 spiro atoms. The third kappa shape index (κ3) is 14.9. The topological polar surface area (TPSA) is 94.1 Å². The maximum absolute atomic E-state index is 12.4. The van der Waals surface area contributed by atoms with Gasteiger partial charge in [0.25, 0.3) is 0 Å². The Bertz CT molecular complexity index is 1570. The molecule has 4 aromatic rings. The first-order chi connectivity index (χ1) is 25.5. The summed E-state index contributed by atoms with van der Waals surface area (Å²) in [7, 11) is 0. The van der Waals surface area contributed by atoms with Gasteiger partial charge in [-0.2, -0.15) is 0 Å². The number of anilines is 2. The fourth-order valence-electron chi connectivity index (χ4n) is 6.93. The van der Waals surface area contributed by atoms with Gasteiger partial charge in [-0.05, 0) is 87.4 Å². The van der Waals surface area contributed by atoms with Crippen molar-refractivity contribution in [2.45, 2.75) is 44.6 Å². The van der Waals surface area contributed by atoms with Crippen molar-refractivity contribution in [1.82, 2.24) is 9.80 Å². The van der Waals surface area contributed by atoms with Gasteiger partial charge in [0.2, 0.25) is 5.91 Å². The summed E-state index contributed by atoms with van der Waals surface area (Å²) >= 11 is 0. The van der Waals surface area contributed by atoms with Crippen molar-refractivity contribution >= 4 is 31.5 Å². The second-order valence-electron chi connectivity index (χ2n) is 14.0. The first-order valence-corrected chi connectivity index (χ1v) is 19.0. The number of rotatable bonds is 11. The number of aliphatic hydroxyl groups is 1. The van der Waals surface area contributed by atoms with Crippen LogP contribution in [0.2, 0.25) is 0 Å². The number of piperidine rings is 2. The average molecular weight is 716 g/mol. The van der Waals surface area contributed by atoms with E-state index in [2.05, 4.69) is 44.7 Å². The molecule has 7 rings (SSSR count). The highest BCUT2D eigenvalue weighted by atomic mass is 16.5. The zero-order valence-corrected chi connectivity index (χ0v) is 31.0. The lowest BCUT2D eigenvalue weighted by Gasteiger charge is -2.34. The third-order valence-electron chi connectivity index (χ3n) is 9.80. The van der Waals surface area contributed by atoms with E-state index in [-0.39, 0.29) is 26.0 Å². The Morgan fingerprint density at radius 1 is 0.698 bits per heavy atom. The number of hydrogen-bond acceptors (Lipinski definition) is 7. The van der Waals surface area contributed by atoms with E-state index < -0.39 is 6.10 Å². The number of ether oxygens (including phenoxy) is 1. The van der Waals surface area contributed by atoms with Crippen LogP contribution < -0.4 is 10.6 Å². The molecule has 0 aliphatic carbocycles. The highest BCUT2D eigenvalue weighted by molar-refractivity contribution is 5.97. The first kappa shape index (κ1) is 41.5. The summed E-state index contributed by atoms with van der Waals surface area (Å²) in [4.78, 5) is 29.3. The summed E-state index contributed by atoms with van der Waals surface area (Å²) in [6.07, 6.45) is 6.45. The van der Waals surface area contributed by atoms with E-state index in [1.54, 1.807) is 0 Å². The lowest BCUT2D eigenvalue weighted by atomic mass is 9.96. The van der Waals surface area contributed by atoms with E-state index in [1.807, 2.05) is 97.1 Å². The fraction of sp³-hybridized carbons (Fsp3) is 0.409. The zero-order valence-electron chi connectivity index (χ0n) is 31.0. The number of ketones is 1. The Labute approximate surface area is 318 Å². The molecule has 279 valence electrons. The maximum Gasteiger partial charge on any atom is 0.228 e. The van der Waals surface area contributed by atoms with Crippen molar-refractivity contribution in [1.29, 1.82) is 0 Å². The van der Waals surface area contributed by atoms with Crippen molar-refractivity contribution in [3.05, 3.63) is 132 Å². The Morgan fingerprint density at radius 2 is 1.26 bits per heavy atom. The standard InChI is InChI=1S/C20H22N2O2.C20H26N2O.C4H8O.B/c23-19(16-8-3-1-4-9-16)15-22-13-7-10-17(14-22)20(24)21-18-11-5-2-6-12-18;23-20(18-9-3-1-4-10-18)16-22-13-7-8-17(15-22)14-21-19-11-5-2-6-12-19;1-2-4-5-3-1;/h1-6,8-9,11-12,17H,7,10,13-15H2,(H,21,24);1-6,9-12,17,20-21,23H,7-8,13-16H2;1-4H2;. The number of para-hydroxylation sites is 2. The highest BCUT2D eigenvalue weighted by Gasteiger charge is 2.27. The van der Waals surface area contributed by atoms with Crippen molar-refractivity contribution in [3.63, 3.8) is 0 Å². The van der Waals surface area contributed by atoms with Gasteiger partial charge in [0.15, 0.2) is 5.78 Å². The molecule has 3 atom stereocenters. The monoisotopic (exact) mass is 715 g/mol. The first-order valence-electron chi connectivity index (χ1n) is 19.0. The van der Waals surface area contributed by atoms with E-state index in [0.29, 0.717) is 19.0 Å². The number of benzene rings is 4. The fourth-order valence-corrected chi connectivity index (χ4v) is 6.93. The Morgan fingerprint density at radius 3 is 1.89 bits per heavy atom. The van der Waals surface area contributed by atoms with Crippen molar-refractivity contribution in [3.8, 4) is 0 Å². The minimum Gasteiger partial charge on any atom is -0.387 e. The predicted octanol–water partition coefficient (Wildman–Crippen LogP) is 7.18. The molecule has 9 heteroatoms. The molecule has 0 saturated carbocycles. The van der Waals surface area contributed by atoms with E-state index in [9.17, 15) is 14.7 Å². The van der Waals surface area contributed by atoms with Crippen molar-refractivity contribution in [2.75, 3.05) is 69.7 Å². The van der Waals surface area contributed by atoms with E-state index in [0.717, 1.165) is 75.6 Å². The summed E-state index contributed by atoms with van der Waals surface area (Å²) in [6, 6.07) is 39.2. The molecule has 3 aliphatic heterocycles. The van der Waals surface area contributed by atoms with E-state index in [1.165, 1.54) is 31.4 Å². The van der Waals surface area contributed by atoms with Crippen LogP contribution in [0.3, 0.4) is 0 Å². The van der Waals surface area contributed by atoms with E-state index >= 15 is 0 Å². The van der Waals surface area contributed by atoms with Gasteiger partial charge >= 0.3 is 0 Å². The number of amides is 1. The van der Waals surface area contributed by atoms with Gasteiger partial charge in [0, 0.05) is 64.7 Å². The number of aliphatic hydroxyl groups excluding tert-OH is 1. The van der Waals surface area contributed by atoms with Gasteiger partial charge in [-0.1, -0.05) is 97.1 Å². The quantitative estimate of drug-likeness (QED) is 0.112. The lowest BCUT2D eigenvalue weighted by molar-refractivity contribution is -0.121. The van der Waals surface area contributed by atoms with Crippen LogP contribution in [0.15, 0.2) is 121 Å². The predicted molar refractivity (Wildman–Crippen MR) is 216 cm³/mol. The molecule has 1 amide bonds. The molecule has 0 bridgehead atoms. The van der Waals surface area contributed by atoms with Gasteiger partial charge in [0.1, 0.15) is 0 Å². The van der Waals surface area contributed by atoms with Crippen LogP contribution in [0.4, 0.5) is 11.4 Å². The molecule has 8 nitrogen and oxygen atoms in total. The van der Waals surface area contributed by atoms with Crippen molar-refractivity contribution < 1.29 is 19.4 Å². The smallest absolute Gasteiger partial charge is 0.228 e. The number of nitrogens with one attached hydrogen (secondary N) is 2. The second kappa shape index (κ2) is 23.4. The van der Waals surface area contributed by atoms with Crippen LogP contribution in [0.1, 0.15) is 60.6 Å². The number of nitrogens with zero attached hydrogens (tertiary/aromatic N) is 2. The lowest BCUT2D eigenvalue weighted by Crippen LogP contribution is -2.42. The molecule has 3 fully saturated rings. The average Bonchev–Trinajstić information content (AvgIpc) is 3.80. The van der Waals surface area contributed by atoms with Gasteiger partial charge in [-0.25, -0.2) is 0 Å². The zero-order chi connectivity index (χ0) is 36.2. The van der Waals surface area contributed by atoms with Crippen LogP contribution >= 0.6 is 0 Å². The third-order valence-corrected chi connectivity index (χ3v) is 9.80. The van der Waals surface area contributed by atoms with Gasteiger partial charge < -0.3 is 25.4 Å². The summed E-state index contributed by atoms with van der Waals surface area (Å²) < 4.78 is 4.94. The summed E-state index contributed by atoms with van der Waals surface area (Å²) in [6.45, 7) is 7.76.